The Morgan fingerprint density at radius 3 is 2.35 bits per heavy atom. The molecule has 1 amide bonds. The molecule has 100 valence electrons. The van der Waals surface area contributed by atoms with Crippen LogP contribution in [0.1, 0.15) is 46.5 Å². The second-order valence-corrected chi connectivity index (χ2v) is 5.95. The summed E-state index contributed by atoms with van der Waals surface area (Å²) in [5.41, 5.74) is -0.270. The van der Waals surface area contributed by atoms with E-state index in [1.165, 1.54) is 0 Å². The largest absolute Gasteiger partial charge is 0.389 e. The maximum atomic E-state index is 11.2. The van der Waals surface area contributed by atoms with Crippen LogP contribution in [0, 0.1) is 5.41 Å². The fourth-order valence-electron chi connectivity index (χ4n) is 2.24. The first-order valence-electron chi connectivity index (χ1n) is 6.57. The van der Waals surface area contributed by atoms with E-state index in [9.17, 15) is 9.90 Å². The fraction of sp³-hybridized carbons (Fsp3) is 0.923. The molecule has 1 fully saturated rings. The van der Waals surface area contributed by atoms with Gasteiger partial charge in [0.1, 0.15) is 0 Å². The predicted molar refractivity (Wildman–Crippen MR) is 68.8 cm³/mol. The first kappa shape index (κ1) is 14.5. The molecule has 1 aliphatic rings. The molecule has 0 heterocycles. The molecule has 17 heavy (non-hydrogen) atoms. The highest BCUT2D eigenvalue weighted by molar-refractivity contribution is 5.77. The van der Waals surface area contributed by atoms with E-state index in [1.54, 1.807) is 0 Å². The van der Waals surface area contributed by atoms with E-state index < -0.39 is 5.60 Å². The van der Waals surface area contributed by atoms with Crippen LogP contribution in [0.5, 0.6) is 0 Å². The lowest BCUT2D eigenvalue weighted by Crippen LogP contribution is -2.47. The molecule has 0 unspecified atom stereocenters. The Morgan fingerprint density at radius 2 is 1.82 bits per heavy atom. The summed E-state index contributed by atoms with van der Waals surface area (Å²) in [6.07, 6.45) is 3.74. The van der Waals surface area contributed by atoms with Crippen LogP contribution in [-0.2, 0) is 4.79 Å². The van der Waals surface area contributed by atoms with Gasteiger partial charge >= 0.3 is 0 Å². The zero-order valence-electron chi connectivity index (χ0n) is 11.3. The highest BCUT2D eigenvalue weighted by atomic mass is 16.3. The van der Waals surface area contributed by atoms with Crippen molar-refractivity contribution in [1.29, 1.82) is 0 Å². The van der Waals surface area contributed by atoms with Crippen LogP contribution in [0.15, 0.2) is 0 Å². The summed E-state index contributed by atoms with van der Waals surface area (Å²) in [6.45, 7) is 7.84. The van der Waals surface area contributed by atoms with Crippen molar-refractivity contribution in [1.82, 2.24) is 10.6 Å². The van der Waals surface area contributed by atoms with E-state index in [2.05, 4.69) is 24.5 Å². The fourth-order valence-corrected chi connectivity index (χ4v) is 2.24. The maximum absolute atomic E-state index is 11.2. The minimum absolute atomic E-state index is 0.00719. The van der Waals surface area contributed by atoms with Gasteiger partial charge in [0.2, 0.25) is 5.91 Å². The smallest absolute Gasteiger partial charge is 0.233 e. The molecule has 1 saturated carbocycles. The standard InChI is InChI=1S/C13H26N2O2/c1-4-15-11(16)9-14-10-13(17)7-5-12(2,3)6-8-13/h14,17H,4-10H2,1-3H3,(H,15,16). The second-order valence-electron chi connectivity index (χ2n) is 5.95. The zero-order chi connectivity index (χ0) is 12.9. The lowest BCUT2D eigenvalue weighted by Gasteiger charge is -2.40. The maximum Gasteiger partial charge on any atom is 0.233 e. The monoisotopic (exact) mass is 242 g/mol. The molecular formula is C13H26N2O2. The lowest BCUT2D eigenvalue weighted by atomic mass is 9.71. The molecule has 0 aromatic rings. The Labute approximate surface area is 104 Å². The van der Waals surface area contributed by atoms with Gasteiger partial charge in [0.05, 0.1) is 12.1 Å². The lowest BCUT2D eigenvalue weighted by molar-refractivity contribution is -0.120. The Hall–Kier alpha value is -0.610. The average Bonchev–Trinajstić information content (AvgIpc) is 2.24. The number of likely N-dealkylation sites (N-methyl/N-ethyl adjacent to an activating group) is 1. The summed E-state index contributed by atoms with van der Waals surface area (Å²) in [5.74, 6) is -0.00719. The number of rotatable bonds is 5. The van der Waals surface area contributed by atoms with Gasteiger partial charge in [0.15, 0.2) is 0 Å². The molecule has 3 N–H and O–H groups in total. The molecule has 0 bridgehead atoms. The van der Waals surface area contributed by atoms with Crippen molar-refractivity contribution in [3.8, 4) is 0 Å². The Morgan fingerprint density at radius 1 is 1.24 bits per heavy atom. The van der Waals surface area contributed by atoms with Crippen molar-refractivity contribution < 1.29 is 9.90 Å². The van der Waals surface area contributed by atoms with Crippen molar-refractivity contribution in [2.45, 2.75) is 52.1 Å². The molecule has 0 saturated heterocycles. The predicted octanol–water partition coefficient (Wildman–Crippen LogP) is 1.04. The molecule has 0 atom stereocenters. The van der Waals surface area contributed by atoms with Crippen LogP contribution in [0.3, 0.4) is 0 Å². The van der Waals surface area contributed by atoms with E-state index in [-0.39, 0.29) is 5.91 Å². The third-order valence-electron chi connectivity index (χ3n) is 3.65. The van der Waals surface area contributed by atoms with Crippen molar-refractivity contribution >= 4 is 5.91 Å². The molecule has 0 radical (unpaired) electrons. The number of amides is 1. The third-order valence-corrected chi connectivity index (χ3v) is 3.65. The molecule has 0 aromatic heterocycles. The van der Waals surface area contributed by atoms with Crippen LogP contribution < -0.4 is 10.6 Å². The first-order chi connectivity index (χ1) is 7.87. The second kappa shape index (κ2) is 5.83. The van der Waals surface area contributed by atoms with E-state index in [0.29, 0.717) is 25.0 Å². The number of hydrogen-bond donors (Lipinski definition) is 3. The molecular weight excluding hydrogens is 216 g/mol. The first-order valence-corrected chi connectivity index (χ1v) is 6.57. The Bertz CT molecular complexity index is 254. The van der Waals surface area contributed by atoms with Crippen molar-refractivity contribution in [3.05, 3.63) is 0 Å². The van der Waals surface area contributed by atoms with Gasteiger partial charge in [-0.2, -0.15) is 0 Å². The Balaban J connectivity index is 2.25. The van der Waals surface area contributed by atoms with Crippen LogP contribution in [0.4, 0.5) is 0 Å². The normalized spacial score (nSPS) is 22.1. The van der Waals surface area contributed by atoms with E-state index >= 15 is 0 Å². The van der Waals surface area contributed by atoms with E-state index in [0.717, 1.165) is 25.7 Å². The minimum atomic E-state index is -0.623. The van der Waals surface area contributed by atoms with Gasteiger partial charge in [-0.25, -0.2) is 0 Å². The van der Waals surface area contributed by atoms with Gasteiger partial charge < -0.3 is 15.7 Å². The summed E-state index contributed by atoms with van der Waals surface area (Å²) in [5, 5.41) is 16.1. The van der Waals surface area contributed by atoms with Gasteiger partial charge in [0, 0.05) is 13.1 Å². The number of hydrogen-bond acceptors (Lipinski definition) is 3. The molecule has 4 nitrogen and oxygen atoms in total. The number of nitrogens with one attached hydrogen (secondary N) is 2. The van der Waals surface area contributed by atoms with Crippen LogP contribution in [-0.4, -0.2) is 36.2 Å². The van der Waals surface area contributed by atoms with Crippen LogP contribution in [0.2, 0.25) is 0 Å². The van der Waals surface area contributed by atoms with Crippen LogP contribution in [0.25, 0.3) is 0 Å². The van der Waals surface area contributed by atoms with Gasteiger partial charge in [-0.05, 0) is 38.0 Å². The topological polar surface area (TPSA) is 61.4 Å². The average molecular weight is 242 g/mol. The summed E-state index contributed by atoms with van der Waals surface area (Å²) in [7, 11) is 0. The molecule has 0 aromatic carbocycles. The number of aliphatic hydroxyl groups is 1. The van der Waals surface area contributed by atoms with Gasteiger partial charge in [-0.3, -0.25) is 4.79 Å². The SMILES string of the molecule is CCNC(=O)CNCC1(O)CCC(C)(C)CC1. The highest BCUT2D eigenvalue weighted by Crippen LogP contribution is 2.39. The summed E-state index contributed by atoms with van der Waals surface area (Å²) >= 11 is 0. The molecule has 1 aliphatic carbocycles. The van der Waals surface area contributed by atoms with Gasteiger partial charge in [-0.1, -0.05) is 13.8 Å². The molecule has 0 spiro atoms. The summed E-state index contributed by atoms with van der Waals surface area (Å²) < 4.78 is 0. The molecule has 1 rings (SSSR count). The zero-order valence-corrected chi connectivity index (χ0v) is 11.3. The highest BCUT2D eigenvalue weighted by Gasteiger charge is 2.36. The van der Waals surface area contributed by atoms with Crippen molar-refractivity contribution in [2.24, 2.45) is 5.41 Å². The van der Waals surface area contributed by atoms with Crippen molar-refractivity contribution in [2.75, 3.05) is 19.6 Å². The van der Waals surface area contributed by atoms with Crippen LogP contribution >= 0.6 is 0 Å². The Kier molecular flexibility index (Phi) is 4.95. The summed E-state index contributed by atoms with van der Waals surface area (Å²) in [6, 6.07) is 0. The van der Waals surface area contributed by atoms with E-state index in [4.69, 9.17) is 0 Å². The third kappa shape index (κ3) is 5.04. The number of carbonyl (C=O) groups excluding carboxylic acids is 1. The van der Waals surface area contributed by atoms with E-state index in [1.807, 2.05) is 6.92 Å². The van der Waals surface area contributed by atoms with Gasteiger partial charge in [-0.15, -0.1) is 0 Å². The molecule has 4 heteroatoms. The van der Waals surface area contributed by atoms with Crippen molar-refractivity contribution in [3.63, 3.8) is 0 Å². The van der Waals surface area contributed by atoms with Gasteiger partial charge in [0.25, 0.3) is 0 Å². The minimum Gasteiger partial charge on any atom is -0.389 e. The molecule has 0 aliphatic heterocycles. The summed E-state index contributed by atoms with van der Waals surface area (Å²) in [4.78, 5) is 11.2. The number of carbonyl (C=O) groups is 1. The quantitative estimate of drug-likeness (QED) is 0.675.